The van der Waals surface area contributed by atoms with Crippen molar-refractivity contribution in [2.24, 2.45) is 5.92 Å². The molecule has 2 N–H and O–H groups in total. The number of fused-ring (bicyclic) bond motifs is 1. The average Bonchev–Trinajstić information content (AvgIpc) is 2.58. The van der Waals surface area contributed by atoms with Crippen molar-refractivity contribution in [3.8, 4) is 0 Å². The van der Waals surface area contributed by atoms with Gasteiger partial charge in [0.25, 0.3) is 0 Å². The zero-order valence-electron chi connectivity index (χ0n) is 15.0. The van der Waals surface area contributed by atoms with E-state index in [0.717, 1.165) is 30.9 Å². The molecular weight excluding hydrogens is 318 g/mol. The number of rotatable bonds is 5. The van der Waals surface area contributed by atoms with Crippen LogP contribution in [-0.2, 0) is 14.3 Å². The Morgan fingerprint density at radius 3 is 3.00 bits per heavy atom. The lowest BCUT2D eigenvalue weighted by Crippen LogP contribution is -2.49. The van der Waals surface area contributed by atoms with Crippen LogP contribution in [0.4, 0.5) is 5.69 Å². The van der Waals surface area contributed by atoms with Gasteiger partial charge in [-0.05, 0) is 17.5 Å². The molecule has 1 aromatic rings. The maximum atomic E-state index is 12.6. The lowest BCUT2D eigenvalue weighted by molar-refractivity contribution is -0.127. The normalized spacial score (nSPS) is 23.9. The van der Waals surface area contributed by atoms with Crippen LogP contribution in [0.25, 0.3) is 0 Å². The number of ether oxygens (including phenoxy) is 1. The number of para-hydroxylation sites is 1. The SMILES string of the molecule is CC(C)CN1CCO[C@H](CNC(=O)[C@@H]2CC(=O)Nc3ccccc32)C1. The second-order valence-corrected chi connectivity index (χ2v) is 7.28. The Kier molecular flexibility index (Phi) is 5.71. The fourth-order valence-corrected chi connectivity index (χ4v) is 3.57. The van der Waals surface area contributed by atoms with E-state index in [9.17, 15) is 9.59 Å². The maximum Gasteiger partial charge on any atom is 0.228 e. The molecule has 1 fully saturated rings. The number of hydrogen-bond acceptors (Lipinski definition) is 4. The third kappa shape index (κ3) is 4.58. The standard InChI is InChI=1S/C19H27N3O3/c1-13(2)11-22-7-8-25-14(12-22)10-20-19(24)16-9-18(23)21-17-6-4-3-5-15(16)17/h3-6,13-14,16H,7-12H2,1-2H3,(H,20,24)(H,21,23)/t14-,16-/m1/s1. The average molecular weight is 345 g/mol. The second-order valence-electron chi connectivity index (χ2n) is 7.28. The van der Waals surface area contributed by atoms with E-state index in [0.29, 0.717) is 19.1 Å². The Balaban J connectivity index is 1.57. The van der Waals surface area contributed by atoms with E-state index >= 15 is 0 Å². The highest BCUT2D eigenvalue weighted by Crippen LogP contribution is 2.31. The minimum absolute atomic E-state index is 0.00381. The van der Waals surface area contributed by atoms with Crippen LogP contribution in [0.3, 0.4) is 0 Å². The minimum Gasteiger partial charge on any atom is -0.374 e. The summed E-state index contributed by atoms with van der Waals surface area (Å²) in [6.07, 6.45) is 0.192. The van der Waals surface area contributed by atoms with Gasteiger partial charge in [0.1, 0.15) is 0 Å². The summed E-state index contributed by atoms with van der Waals surface area (Å²) in [5, 5.41) is 5.81. The minimum atomic E-state index is -0.430. The fourth-order valence-electron chi connectivity index (χ4n) is 3.57. The summed E-state index contributed by atoms with van der Waals surface area (Å²) < 4.78 is 5.78. The highest BCUT2D eigenvalue weighted by atomic mass is 16.5. The van der Waals surface area contributed by atoms with Crippen molar-refractivity contribution in [2.75, 3.05) is 38.1 Å². The van der Waals surface area contributed by atoms with Crippen LogP contribution in [0.15, 0.2) is 24.3 Å². The summed E-state index contributed by atoms with van der Waals surface area (Å²) in [6.45, 7) is 8.41. The predicted molar refractivity (Wildman–Crippen MR) is 96.5 cm³/mol. The molecule has 1 aromatic carbocycles. The molecule has 0 bridgehead atoms. The summed E-state index contributed by atoms with van der Waals surface area (Å²) in [5.41, 5.74) is 1.61. The van der Waals surface area contributed by atoms with Gasteiger partial charge in [-0.2, -0.15) is 0 Å². The van der Waals surface area contributed by atoms with Gasteiger partial charge in [0.15, 0.2) is 0 Å². The third-order valence-corrected chi connectivity index (χ3v) is 4.67. The first kappa shape index (κ1) is 17.9. The van der Waals surface area contributed by atoms with Crippen LogP contribution in [-0.4, -0.2) is 55.6 Å². The molecule has 2 amide bonds. The molecule has 1 saturated heterocycles. The van der Waals surface area contributed by atoms with Crippen molar-refractivity contribution in [1.82, 2.24) is 10.2 Å². The van der Waals surface area contributed by atoms with E-state index in [4.69, 9.17) is 4.74 Å². The summed E-state index contributed by atoms with van der Waals surface area (Å²) in [6, 6.07) is 7.49. The van der Waals surface area contributed by atoms with Gasteiger partial charge in [0.2, 0.25) is 11.8 Å². The molecule has 6 heteroatoms. The van der Waals surface area contributed by atoms with E-state index in [2.05, 4.69) is 29.4 Å². The zero-order valence-corrected chi connectivity index (χ0v) is 15.0. The highest BCUT2D eigenvalue weighted by molar-refractivity contribution is 6.01. The van der Waals surface area contributed by atoms with Crippen molar-refractivity contribution in [1.29, 1.82) is 0 Å². The number of amides is 2. The third-order valence-electron chi connectivity index (χ3n) is 4.67. The molecule has 2 atom stereocenters. The first-order chi connectivity index (χ1) is 12.0. The summed E-state index contributed by atoms with van der Waals surface area (Å²) in [7, 11) is 0. The first-order valence-electron chi connectivity index (χ1n) is 9.03. The molecule has 2 aliphatic rings. The molecule has 136 valence electrons. The quantitative estimate of drug-likeness (QED) is 0.850. The van der Waals surface area contributed by atoms with Crippen molar-refractivity contribution < 1.29 is 14.3 Å². The van der Waals surface area contributed by atoms with Gasteiger partial charge < -0.3 is 15.4 Å². The van der Waals surface area contributed by atoms with Gasteiger partial charge in [-0.25, -0.2) is 0 Å². The number of benzene rings is 1. The van der Waals surface area contributed by atoms with Gasteiger partial charge in [0, 0.05) is 38.3 Å². The van der Waals surface area contributed by atoms with E-state index < -0.39 is 5.92 Å². The Hall–Kier alpha value is -1.92. The topological polar surface area (TPSA) is 70.7 Å². The number of nitrogens with one attached hydrogen (secondary N) is 2. The number of morpholine rings is 1. The van der Waals surface area contributed by atoms with Crippen molar-refractivity contribution in [3.63, 3.8) is 0 Å². The van der Waals surface area contributed by atoms with Crippen LogP contribution in [0.2, 0.25) is 0 Å². The fraction of sp³-hybridized carbons (Fsp3) is 0.579. The van der Waals surface area contributed by atoms with Gasteiger partial charge in [0.05, 0.1) is 18.6 Å². The number of carbonyl (C=O) groups is 2. The molecule has 0 aliphatic carbocycles. The van der Waals surface area contributed by atoms with E-state index in [-0.39, 0.29) is 24.3 Å². The van der Waals surface area contributed by atoms with Crippen LogP contribution in [0.1, 0.15) is 31.7 Å². The van der Waals surface area contributed by atoms with Gasteiger partial charge in [-0.1, -0.05) is 32.0 Å². The molecule has 0 unspecified atom stereocenters. The van der Waals surface area contributed by atoms with Crippen molar-refractivity contribution in [2.45, 2.75) is 32.3 Å². The van der Waals surface area contributed by atoms with Crippen LogP contribution in [0.5, 0.6) is 0 Å². The number of anilines is 1. The van der Waals surface area contributed by atoms with Crippen LogP contribution < -0.4 is 10.6 Å². The first-order valence-corrected chi connectivity index (χ1v) is 9.03. The molecule has 2 heterocycles. The van der Waals surface area contributed by atoms with Gasteiger partial charge >= 0.3 is 0 Å². The zero-order chi connectivity index (χ0) is 17.8. The maximum absolute atomic E-state index is 12.6. The predicted octanol–water partition coefficient (Wildman–Crippen LogP) is 1.59. The summed E-state index contributed by atoms with van der Waals surface area (Å²) >= 11 is 0. The Bertz CT molecular complexity index is 632. The molecule has 3 rings (SSSR count). The van der Waals surface area contributed by atoms with E-state index in [1.807, 2.05) is 24.3 Å². The molecule has 0 saturated carbocycles. The van der Waals surface area contributed by atoms with Crippen molar-refractivity contribution in [3.05, 3.63) is 29.8 Å². The Morgan fingerprint density at radius 1 is 1.40 bits per heavy atom. The number of nitrogens with zero attached hydrogens (tertiary/aromatic N) is 1. The van der Waals surface area contributed by atoms with Crippen molar-refractivity contribution >= 4 is 17.5 Å². The van der Waals surface area contributed by atoms with Gasteiger partial charge in [-0.3, -0.25) is 14.5 Å². The van der Waals surface area contributed by atoms with Crippen LogP contribution in [0, 0.1) is 5.92 Å². The molecular formula is C19H27N3O3. The highest BCUT2D eigenvalue weighted by Gasteiger charge is 2.31. The van der Waals surface area contributed by atoms with Crippen LogP contribution >= 0.6 is 0 Å². The monoisotopic (exact) mass is 345 g/mol. The summed E-state index contributed by atoms with van der Waals surface area (Å²) in [4.78, 5) is 26.9. The Morgan fingerprint density at radius 2 is 2.20 bits per heavy atom. The van der Waals surface area contributed by atoms with Gasteiger partial charge in [-0.15, -0.1) is 0 Å². The summed E-state index contributed by atoms with van der Waals surface area (Å²) in [5.74, 6) is -0.0336. The molecule has 0 aromatic heterocycles. The van der Waals surface area contributed by atoms with E-state index in [1.54, 1.807) is 0 Å². The van der Waals surface area contributed by atoms with E-state index in [1.165, 1.54) is 0 Å². The second kappa shape index (κ2) is 7.97. The molecule has 0 spiro atoms. The molecule has 0 radical (unpaired) electrons. The Labute approximate surface area is 148 Å². The molecule has 25 heavy (non-hydrogen) atoms. The largest absolute Gasteiger partial charge is 0.374 e. The lowest BCUT2D eigenvalue weighted by Gasteiger charge is -2.34. The molecule has 6 nitrogen and oxygen atoms in total. The molecule has 2 aliphatic heterocycles. The smallest absolute Gasteiger partial charge is 0.228 e. The number of carbonyl (C=O) groups excluding carboxylic acids is 2. The number of hydrogen-bond donors (Lipinski definition) is 2. The lowest BCUT2D eigenvalue weighted by atomic mass is 9.90.